The van der Waals surface area contributed by atoms with Gasteiger partial charge in [0.2, 0.25) is 5.91 Å². The highest BCUT2D eigenvalue weighted by molar-refractivity contribution is 7.10. The van der Waals surface area contributed by atoms with Gasteiger partial charge in [-0.25, -0.2) is 0 Å². The quantitative estimate of drug-likeness (QED) is 0.585. The molecule has 0 aliphatic carbocycles. The predicted octanol–water partition coefficient (Wildman–Crippen LogP) is 4.20. The second-order valence-corrected chi connectivity index (χ2v) is 8.23. The highest BCUT2D eigenvalue weighted by Gasteiger charge is 2.36. The molecule has 0 radical (unpaired) electrons. The molecule has 4 rings (SSSR count). The highest BCUT2D eigenvalue weighted by Crippen LogP contribution is 2.27. The summed E-state index contributed by atoms with van der Waals surface area (Å²) in [6.07, 6.45) is 2.08. The monoisotopic (exact) mass is 418 g/mol. The Morgan fingerprint density at radius 3 is 2.20 bits per heavy atom. The van der Waals surface area contributed by atoms with E-state index in [0.29, 0.717) is 11.1 Å². The molecule has 5 nitrogen and oxygen atoms in total. The minimum absolute atomic E-state index is 0.303. The van der Waals surface area contributed by atoms with Gasteiger partial charge in [-0.05, 0) is 41.1 Å². The Hall–Kier alpha value is -3.25. The molecule has 152 valence electrons. The Morgan fingerprint density at radius 1 is 0.967 bits per heavy atom. The van der Waals surface area contributed by atoms with Gasteiger partial charge in [-0.1, -0.05) is 55.8 Å². The summed E-state index contributed by atoms with van der Waals surface area (Å²) < 4.78 is 0. The SMILES string of the molecule is CCCc1ccc([C@@H](NC(=O)CN2C(=O)c3ccccc3C2=O)c2cccs2)cc1. The normalized spacial score (nSPS) is 14.0. The summed E-state index contributed by atoms with van der Waals surface area (Å²) in [6, 6.07) is 18.4. The number of aryl methyl sites for hydroxylation is 1. The maximum Gasteiger partial charge on any atom is 0.262 e. The number of hydrogen-bond acceptors (Lipinski definition) is 4. The molecule has 1 aliphatic heterocycles. The van der Waals surface area contributed by atoms with Crippen molar-refractivity contribution in [3.8, 4) is 0 Å². The second-order valence-electron chi connectivity index (χ2n) is 7.25. The van der Waals surface area contributed by atoms with Crippen molar-refractivity contribution >= 4 is 29.1 Å². The predicted molar refractivity (Wildman–Crippen MR) is 117 cm³/mol. The van der Waals surface area contributed by atoms with Crippen LogP contribution in [-0.4, -0.2) is 29.2 Å². The molecule has 1 aliphatic rings. The van der Waals surface area contributed by atoms with Gasteiger partial charge in [0.05, 0.1) is 17.2 Å². The smallest absolute Gasteiger partial charge is 0.262 e. The van der Waals surface area contributed by atoms with Gasteiger partial charge >= 0.3 is 0 Å². The third-order valence-corrected chi connectivity index (χ3v) is 6.10. The number of carbonyl (C=O) groups excluding carboxylic acids is 3. The van der Waals surface area contributed by atoms with Crippen LogP contribution in [0.3, 0.4) is 0 Å². The molecule has 0 saturated carbocycles. The molecule has 1 aromatic heterocycles. The Labute approximate surface area is 179 Å². The summed E-state index contributed by atoms with van der Waals surface area (Å²) in [5.41, 5.74) is 2.91. The maximum absolute atomic E-state index is 12.8. The largest absolute Gasteiger partial charge is 0.343 e. The molecule has 6 heteroatoms. The number of amides is 3. The van der Waals surface area contributed by atoms with E-state index in [1.807, 2.05) is 29.6 Å². The van der Waals surface area contributed by atoms with Crippen LogP contribution in [0.2, 0.25) is 0 Å². The Morgan fingerprint density at radius 2 is 1.63 bits per heavy atom. The molecule has 2 aromatic carbocycles. The number of hydrogen-bond donors (Lipinski definition) is 1. The molecule has 3 amide bonds. The van der Waals surface area contributed by atoms with Gasteiger partial charge < -0.3 is 5.32 Å². The Balaban J connectivity index is 1.52. The molecule has 0 spiro atoms. The molecule has 3 aromatic rings. The van der Waals surface area contributed by atoms with Crippen molar-refractivity contribution in [1.82, 2.24) is 10.2 Å². The van der Waals surface area contributed by atoms with Gasteiger partial charge in [-0.2, -0.15) is 0 Å². The lowest BCUT2D eigenvalue weighted by Gasteiger charge is -2.20. The third kappa shape index (κ3) is 3.91. The zero-order chi connectivity index (χ0) is 21.1. The topological polar surface area (TPSA) is 66.5 Å². The number of thiophene rings is 1. The summed E-state index contributed by atoms with van der Waals surface area (Å²) in [4.78, 5) is 39.9. The third-order valence-electron chi connectivity index (χ3n) is 5.16. The van der Waals surface area contributed by atoms with Crippen LogP contribution < -0.4 is 5.32 Å². The molecule has 30 heavy (non-hydrogen) atoms. The minimum atomic E-state index is -0.428. The first-order valence-electron chi connectivity index (χ1n) is 9.95. The second kappa shape index (κ2) is 8.63. The lowest BCUT2D eigenvalue weighted by molar-refractivity contribution is -0.121. The van der Waals surface area contributed by atoms with Gasteiger partial charge in [0.15, 0.2) is 0 Å². The van der Waals surface area contributed by atoms with Crippen LogP contribution in [-0.2, 0) is 11.2 Å². The van der Waals surface area contributed by atoms with Crippen molar-refractivity contribution in [1.29, 1.82) is 0 Å². The van der Waals surface area contributed by atoms with Crippen LogP contribution in [0.1, 0.15) is 56.1 Å². The number of benzene rings is 2. The van der Waals surface area contributed by atoms with E-state index in [-0.39, 0.29) is 18.5 Å². The number of nitrogens with zero attached hydrogens (tertiary/aromatic N) is 1. The summed E-state index contributed by atoms with van der Waals surface area (Å²) >= 11 is 1.55. The van der Waals surface area contributed by atoms with Gasteiger partial charge in [-0.15, -0.1) is 11.3 Å². The molecule has 2 heterocycles. The highest BCUT2D eigenvalue weighted by atomic mass is 32.1. The standard InChI is InChI=1S/C24H22N2O3S/c1-2-6-16-10-12-17(13-11-16)22(20-9-5-14-30-20)25-21(27)15-26-23(28)18-7-3-4-8-19(18)24(26)29/h3-5,7-14,22H,2,6,15H2,1H3,(H,25,27)/t22-/m1/s1. The molecule has 0 saturated heterocycles. The number of nitrogens with one attached hydrogen (secondary N) is 1. The lowest BCUT2D eigenvalue weighted by Crippen LogP contribution is -2.41. The summed E-state index contributed by atoms with van der Waals surface area (Å²) in [6.45, 7) is 1.84. The van der Waals surface area contributed by atoms with Crippen LogP contribution >= 0.6 is 11.3 Å². The molecular formula is C24H22N2O3S. The van der Waals surface area contributed by atoms with E-state index in [0.717, 1.165) is 28.2 Å². The molecule has 0 fully saturated rings. The summed E-state index contributed by atoms with van der Waals surface area (Å²) in [7, 11) is 0. The van der Waals surface area contributed by atoms with E-state index in [2.05, 4.69) is 24.4 Å². The van der Waals surface area contributed by atoms with Crippen LogP contribution in [0.15, 0.2) is 66.0 Å². The van der Waals surface area contributed by atoms with Crippen molar-refractivity contribution in [3.63, 3.8) is 0 Å². The number of fused-ring (bicyclic) bond motifs is 1. The summed E-state index contributed by atoms with van der Waals surface area (Å²) in [5, 5.41) is 4.97. The van der Waals surface area contributed by atoms with E-state index in [1.165, 1.54) is 5.56 Å². The number of carbonyl (C=O) groups is 3. The zero-order valence-corrected chi connectivity index (χ0v) is 17.4. The molecule has 0 bridgehead atoms. The van der Waals surface area contributed by atoms with Crippen molar-refractivity contribution in [2.45, 2.75) is 25.8 Å². The van der Waals surface area contributed by atoms with E-state index >= 15 is 0 Å². The van der Waals surface area contributed by atoms with Gasteiger partial charge in [0, 0.05) is 4.88 Å². The van der Waals surface area contributed by atoms with Crippen molar-refractivity contribution in [2.75, 3.05) is 6.54 Å². The summed E-state index contributed by atoms with van der Waals surface area (Å²) in [5.74, 6) is -1.23. The number of rotatable bonds is 7. The zero-order valence-electron chi connectivity index (χ0n) is 16.6. The first-order chi connectivity index (χ1) is 14.6. The van der Waals surface area contributed by atoms with Crippen molar-refractivity contribution < 1.29 is 14.4 Å². The first kappa shape index (κ1) is 20.0. The molecular weight excluding hydrogens is 396 g/mol. The fourth-order valence-electron chi connectivity index (χ4n) is 3.67. The molecule has 1 N–H and O–H groups in total. The van der Waals surface area contributed by atoms with Crippen LogP contribution in [0, 0.1) is 0 Å². The molecule has 0 unspecified atom stereocenters. The van der Waals surface area contributed by atoms with Crippen LogP contribution in [0.5, 0.6) is 0 Å². The Bertz CT molecular complexity index is 1040. The van der Waals surface area contributed by atoms with Crippen molar-refractivity contribution in [2.24, 2.45) is 0 Å². The van der Waals surface area contributed by atoms with Crippen LogP contribution in [0.25, 0.3) is 0 Å². The van der Waals surface area contributed by atoms with Crippen LogP contribution in [0.4, 0.5) is 0 Å². The van der Waals surface area contributed by atoms with E-state index in [9.17, 15) is 14.4 Å². The fourth-order valence-corrected chi connectivity index (χ4v) is 4.48. The van der Waals surface area contributed by atoms with Crippen molar-refractivity contribution in [3.05, 3.63) is 93.2 Å². The van der Waals surface area contributed by atoms with Gasteiger partial charge in [0.1, 0.15) is 6.54 Å². The first-order valence-corrected chi connectivity index (χ1v) is 10.8. The van der Waals surface area contributed by atoms with Gasteiger partial charge in [0.25, 0.3) is 11.8 Å². The van der Waals surface area contributed by atoms with Gasteiger partial charge in [-0.3, -0.25) is 19.3 Å². The number of imide groups is 1. The Kier molecular flexibility index (Phi) is 5.77. The molecule has 1 atom stereocenters. The minimum Gasteiger partial charge on any atom is -0.343 e. The van der Waals surface area contributed by atoms with E-state index in [4.69, 9.17) is 0 Å². The van der Waals surface area contributed by atoms with E-state index < -0.39 is 11.8 Å². The lowest BCUT2D eigenvalue weighted by atomic mass is 10.0. The maximum atomic E-state index is 12.8. The average molecular weight is 419 g/mol. The average Bonchev–Trinajstić information content (AvgIpc) is 3.37. The van der Waals surface area contributed by atoms with E-state index in [1.54, 1.807) is 35.6 Å². The fraction of sp³-hybridized carbons (Fsp3) is 0.208.